The summed E-state index contributed by atoms with van der Waals surface area (Å²) >= 11 is 0. The van der Waals surface area contributed by atoms with Gasteiger partial charge in [-0.15, -0.1) is 0 Å². The Morgan fingerprint density at radius 1 is 1.47 bits per heavy atom. The van der Waals surface area contributed by atoms with Crippen LogP contribution in [0.15, 0.2) is 24.3 Å². The maximum Gasteiger partial charge on any atom is 0.127 e. The maximum absolute atomic E-state index is 13.7. The van der Waals surface area contributed by atoms with Crippen LogP contribution in [0.1, 0.15) is 31.4 Å². The highest BCUT2D eigenvalue weighted by atomic mass is 19.1. The molecule has 0 aromatic heterocycles. The van der Waals surface area contributed by atoms with Crippen LogP contribution in [0.2, 0.25) is 0 Å². The molecule has 1 aliphatic heterocycles. The van der Waals surface area contributed by atoms with E-state index in [1.165, 1.54) is 6.07 Å². The molecule has 1 aromatic rings. The second kappa shape index (κ2) is 6.12. The Labute approximate surface area is 102 Å². The highest BCUT2D eigenvalue weighted by Crippen LogP contribution is 2.21. The van der Waals surface area contributed by atoms with E-state index in [9.17, 15) is 4.39 Å². The summed E-state index contributed by atoms with van der Waals surface area (Å²) in [7, 11) is 0. The van der Waals surface area contributed by atoms with Crippen LogP contribution < -0.4 is 5.32 Å². The largest absolute Gasteiger partial charge is 0.381 e. The smallest absolute Gasteiger partial charge is 0.127 e. The van der Waals surface area contributed by atoms with E-state index in [2.05, 4.69) is 12.2 Å². The fourth-order valence-corrected chi connectivity index (χ4v) is 2.29. The van der Waals surface area contributed by atoms with Gasteiger partial charge in [0.25, 0.3) is 0 Å². The minimum Gasteiger partial charge on any atom is -0.381 e. The standard InChI is InChI=1S/C14H20FNO/c1-2-14(12-5-3-4-6-13(12)15)16-9-11-7-8-17-10-11/h3-6,11,14,16H,2,7-10H2,1H3. The summed E-state index contributed by atoms with van der Waals surface area (Å²) in [5.74, 6) is 0.463. The van der Waals surface area contributed by atoms with Crippen molar-refractivity contribution in [1.82, 2.24) is 5.32 Å². The van der Waals surface area contributed by atoms with E-state index in [0.29, 0.717) is 5.92 Å². The lowest BCUT2D eigenvalue weighted by Crippen LogP contribution is -2.27. The predicted octanol–water partition coefficient (Wildman–Crippen LogP) is 2.90. The molecule has 2 atom stereocenters. The first kappa shape index (κ1) is 12.5. The normalized spacial score (nSPS) is 21.6. The van der Waals surface area contributed by atoms with Crippen LogP contribution in [0, 0.1) is 11.7 Å². The molecule has 0 radical (unpaired) electrons. The van der Waals surface area contributed by atoms with Gasteiger partial charge in [-0.05, 0) is 24.8 Å². The molecular weight excluding hydrogens is 217 g/mol. The van der Waals surface area contributed by atoms with Crippen LogP contribution in [-0.2, 0) is 4.74 Å². The summed E-state index contributed by atoms with van der Waals surface area (Å²) in [6.45, 7) is 4.69. The summed E-state index contributed by atoms with van der Waals surface area (Å²) in [5.41, 5.74) is 0.772. The Hall–Kier alpha value is -0.930. The Balaban J connectivity index is 1.94. The zero-order valence-electron chi connectivity index (χ0n) is 10.3. The third-order valence-electron chi connectivity index (χ3n) is 3.37. The van der Waals surface area contributed by atoms with Gasteiger partial charge in [-0.3, -0.25) is 0 Å². The van der Waals surface area contributed by atoms with E-state index in [1.54, 1.807) is 6.07 Å². The molecule has 2 nitrogen and oxygen atoms in total. The number of halogens is 1. The van der Waals surface area contributed by atoms with Gasteiger partial charge in [0.1, 0.15) is 5.82 Å². The predicted molar refractivity (Wildman–Crippen MR) is 66.4 cm³/mol. The van der Waals surface area contributed by atoms with Crippen LogP contribution >= 0.6 is 0 Å². The molecule has 0 amide bonds. The fourth-order valence-electron chi connectivity index (χ4n) is 2.29. The molecule has 1 N–H and O–H groups in total. The van der Waals surface area contributed by atoms with Gasteiger partial charge in [-0.2, -0.15) is 0 Å². The fraction of sp³-hybridized carbons (Fsp3) is 0.571. The Morgan fingerprint density at radius 3 is 2.94 bits per heavy atom. The molecule has 17 heavy (non-hydrogen) atoms. The van der Waals surface area contributed by atoms with Crippen molar-refractivity contribution in [3.8, 4) is 0 Å². The van der Waals surface area contributed by atoms with E-state index >= 15 is 0 Å². The zero-order chi connectivity index (χ0) is 12.1. The number of benzene rings is 1. The quantitative estimate of drug-likeness (QED) is 0.850. The molecule has 0 saturated carbocycles. The summed E-state index contributed by atoms with van der Waals surface area (Å²) < 4.78 is 19.0. The summed E-state index contributed by atoms with van der Waals surface area (Å²) in [4.78, 5) is 0. The molecule has 0 aliphatic carbocycles. The van der Waals surface area contributed by atoms with Crippen molar-refractivity contribution in [3.05, 3.63) is 35.6 Å². The van der Waals surface area contributed by atoms with Gasteiger partial charge >= 0.3 is 0 Å². The van der Waals surface area contributed by atoms with Crippen LogP contribution in [0.3, 0.4) is 0 Å². The number of ether oxygens (including phenoxy) is 1. The van der Waals surface area contributed by atoms with Gasteiger partial charge < -0.3 is 10.1 Å². The van der Waals surface area contributed by atoms with Crippen LogP contribution in [0.5, 0.6) is 0 Å². The molecular formula is C14H20FNO. The van der Waals surface area contributed by atoms with E-state index in [-0.39, 0.29) is 11.9 Å². The monoisotopic (exact) mass is 237 g/mol. The number of nitrogens with one attached hydrogen (secondary N) is 1. The Kier molecular flexibility index (Phi) is 4.51. The first-order chi connectivity index (χ1) is 8.31. The highest BCUT2D eigenvalue weighted by molar-refractivity contribution is 5.21. The lowest BCUT2D eigenvalue weighted by Gasteiger charge is -2.20. The lowest BCUT2D eigenvalue weighted by atomic mass is 10.0. The van der Waals surface area contributed by atoms with Crippen molar-refractivity contribution in [2.45, 2.75) is 25.8 Å². The van der Waals surface area contributed by atoms with Crippen LogP contribution in [0.25, 0.3) is 0 Å². The summed E-state index contributed by atoms with van der Waals surface area (Å²) in [6, 6.07) is 7.12. The van der Waals surface area contributed by atoms with Crippen molar-refractivity contribution >= 4 is 0 Å². The second-order valence-electron chi connectivity index (χ2n) is 4.62. The average molecular weight is 237 g/mol. The Bertz CT molecular complexity index is 350. The molecule has 2 rings (SSSR count). The molecule has 0 bridgehead atoms. The Morgan fingerprint density at radius 2 is 2.29 bits per heavy atom. The van der Waals surface area contributed by atoms with Crippen molar-refractivity contribution in [3.63, 3.8) is 0 Å². The molecule has 1 saturated heterocycles. The third-order valence-corrected chi connectivity index (χ3v) is 3.37. The van der Waals surface area contributed by atoms with Crippen LogP contribution in [0.4, 0.5) is 4.39 Å². The van der Waals surface area contributed by atoms with Crippen molar-refractivity contribution < 1.29 is 9.13 Å². The van der Waals surface area contributed by atoms with Gasteiger partial charge in [0.15, 0.2) is 0 Å². The van der Waals surface area contributed by atoms with Crippen molar-refractivity contribution in [1.29, 1.82) is 0 Å². The maximum atomic E-state index is 13.7. The molecule has 1 heterocycles. The number of hydrogen-bond acceptors (Lipinski definition) is 2. The minimum absolute atomic E-state index is 0.108. The number of hydrogen-bond donors (Lipinski definition) is 1. The summed E-state index contributed by atoms with van der Waals surface area (Å²) in [6.07, 6.45) is 2.01. The topological polar surface area (TPSA) is 21.3 Å². The molecule has 2 unspecified atom stereocenters. The van der Waals surface area contributed by atoms with Gasteiger partial charge in [0.2, 0.25) is 0 Å². The lowest BCUT2D eigenvalue weighted by molar-refractivity contribution is 0.184. The zero-order valence-corrected chi connectivity index (χ0v) is 10.3. The first-order valence-corrected chi connectivity index (χ1v) is 6.36. The highest BCUT2D eigenvalue weighted by Gasteiger charge is 2.18. The van der Waals surface area contributed by atoms with Gasteiger partial charge in [-0.1, -0.05) is 25.1 Å². The molecule has 3 heteroatoms. The van der Waals surface area contributed by atoms with Gasteiger partial charge in [-0.25, -0.2) is 4.39 Å². The van der Waals surface area contributed by atoms with E-state index in [0.717, 1.165) is 38.2 Å². The number of rotatable bonds is 5. The van der Waals surface area contributed by atoms with Gasteiger partial charge in [0, 0.05) is 24.8 Å². The minimum atomic E-state index is -0.116. The van der Waals surface area contributed by atoms with Crippen LogP contribution in [-0.4, -0.2) is 19.8 Å². The molecule has 1 aliphatic rings. The third kappa shape index (κ3) is 3.27. The van der Waals surface area contributed by atoms with E-state index in [1.807, 2.05) is 12.1 Å². The average Bonchev–Trinajstić information content (AvgIpc) is 2.85. The second-order valence-corrected chi connectivity index (χ2v) is 4.62. The van der Waals surface area contributed by atoms with Crippen molar-refractivity contribution in [2.24, 2.45) is 5.92 Å². The molecule has 1 aromatic carbocycles. The molecule has 0 spiro atoms. The van der Waals surface area contributed by atoms with E-state index < -0.39 is 0 Å². The SMILES string of the molecule is CCC(NCC1CCOC1)c1ccccc1F. The molecule has 1 fully saturated rings. The first-order valence-electron chi connectivity index (χ1n) is 6.36. The van der Waals surface area contributed by atoms with Gasteiger partial charge in [0.05, 0.1) is 6.61 Å². The summed E-state index contributed by atoms with van der Waals surface area (Å²) in [5, 5.41) is 3.45. The molecule has 94 valence electrons. The van der Waals surface area contributed by atoms with E-state index in [4.69, 9.17) is 4.74 Å². The van der Waals surface area contributed by atoms with Crippen molar-refractivity contribution in [2.75, 3.05) is 19.8 Å².